The summed E-state index contributed by atoms with van der Waals surface area (Å²) >= 11 is 5.99. The van der Waals surface area contributed by atoms with Crippen LogP contribution in [0.15, 0.2) is 24.3 Å². The van der Waals surface area contributed by atoms with Crippen molar-refractivity contribution < 1.29 is 14.3 Å². The summed E-state index contributed by atoms with van der Waals surface area (Å²) in [5.74, 6) is -1.34. The Bertz CT molecular complexity index is 551. The number of amides is 2. The minimum Gasteiger partial charge on any atom is -0.372 e. The molecule has 0 aliphatic heterocycles. The van der Waals surface area contributed by atoms with Crippen LogP contribution in [0.1, 0.15) is 12.5 Å². The van der Waals surface area contributed by atoms with E-state index < -0.39 is 17.4 Å². The minimum atomic E-state index is -0.773. The van der Waals surface area contributed by atoms with Crippen LogP contribution in [0.3, 0.4) is 0 Å². The lowest BCUT2D eigenvalue weighted by molar-refractivity contribution is -0.140. The molecule has 0 aromatic heterocycles. The summed E-state index contributed by atoms with van der Waals surface area (Å²) in [5.41, 5.74) is 0.0469. The second-order valence-corrected chi connectivity index (χ2v) is 6.12. The van der Waals surface area contributed by atoms with E-state index in [1.165, 1.54) is 0 Å². The number of halogens is 1. The molecule has 1 aromatic rings. The summed E-state index contributed by atoms with van der Waals surface area (Å²) in [6.45, 7) is 3.05. The van der Waals surface area contributed by atoms with E-state index in [2.05, 4.69) is 10.6 Å². The van der Waals surface area contributed by atoms with Crippen molar-refractivity contribution in [3.63, 3.8) is 0 Å². The van der Waals surface area contributed by atoms with Gasteiger partial charge in [-0.05, 0) is 38.7 Å². The largest absolute Gasteiger partial charge is 0.372 e. The van der Waals surface area contributed by atoms with Crippen molar-refractivity contribution in [3.05, 3.63) is 34.9 Å². The van der Waals surface area contributed by atoms with Crippen molar-refractivity contribution in [1.29, 1.82) is 0 Å². The highest BCUT2D eigenvalue weighted by molar-refractivity contribution is 6.35. The van der Waals surface area contributed by atoms with E-state index in [1.54, 1.807) is 19.2 Å². The number of rotatable bonds is 7. The zero-order valence-corrected chi connectivity index (χ0v) is 14.7. The molecule has 1 atom stereocenters. The van der Waals surface area contributed by atoms with Gasteiger partial charge in [0.1, 0.15) is 5.60 Å². The van der Waals surface area contributed by atoms with Gasteiger partial charge >= 0.3 is 11.8 Å². The summed E-state index contributed by atoms with van der Waals surface area (Å²) < 4.78 is 5.51. The first-order chi connectivity index (χ1) is 10.8. The number of carbonyl (C=O) groups is 2. The first kappa shape index (κ1) is 19.4. The van der Waals surface area contributed by atoms with Gasteiger partial charge in [0.15, 0.2) is 0 Å². The molecule has 6 nitrogen and oxygen atoms in total. The van der Waals surface area contributed by atoms with Gasteiger partial charge in [-0.15, -0.1) is 0 Å². The number of ether oxygens (including phenoxy) is 1. The average Bonchev–Trinajstić information content (AvgIpc) is 2.51. The molecular formula is C16H24ClN3O3. The van der Waals surface area contributed by atoms with Crippen molar-refractivity contribution in [2.24, 2.45) is 0 Å². The van der Waals surface area contributed by atoms with Crippen molar-refractivity contribution >= 4 is 23.4 Å². The van der Waals surface area contributed by atoms with Gasteiger partial charge in [-0.25, -0.2) is 0 Å². The smallest absolute Gasteiger partial charge is 0.309 e. The number of nitrogens with one attached hydrogen (secondary N) is 2. The molecule has 0 heterocycles. The van der Waals surface area contributed by atoms with Crippen LogP contribution in [0.25, 0.3) is 0 Å². The normalized spacial score (nSPS) is 13.5. The average molecular weight is 342 g/mol. The molecule has 0 saturated heterocycles. The Balaban J connectivity index is 2.59. The van der Waals surface area contributed by atoms with Crippen LogP contribution in [0, 0.1) is 0 Å². The number of nitrogens with zero attached hydrogens (tertiary/aromatic N) is 1. The Morgan fingerprint density at radius 1 is 1.26 bits per heavy atom. The van der Waals surface area contributed by atoms with Gasteiger partial charge in [0.05, 0.1) is 6.54 Å². The number of likely N-dealkylation sites (N-methyl/N-ethyl adjacent to an activating group) is 1. The third-order valence-corrected chi connectivity index (χ3v) is 3.76. The number of hydrogen-bond donors (Lipinski definition) is 2. The van der Waals surface area contributed by atoms with Gasteiger partial charge in [-0.2, -0.15) is 0 Å². The number of carbonyl (C=O) groups excluding carboxylic acids is 2. The molecule has 0 aliphatic carbocycles. The zero-order valence-electron chi connectivity index (χ0n) is 14.0. The maximum Gasteiger partial charge on any atom is 0.309 e. The van der Waals surface area contributed by atoms with Gasteiger partial charge in [0.25, 0.3) is 0 Å². The molecular weight excluding hydrogens is 318 g/mol. The number of hydrogen-bond acceptors (Lipinski definition) is 4. The van der Waals surface area contributed by atoms with Crippen molar-refractivity contribution in [3.8, 4) is 0 Å². The molecule has 1 unspecified atom stereocenters. The molecule has 2 N–H and O–H groups in total. The van der Waals surface area contributed by atoms with E-state index in [0.29, 0.717) is 18.1 Å². The van der Waals surface area contributed by atoms with Gasteiger partial charge in [0.2, 0.25) is 0 Å². The minimum absolute atomic E-state index is 0.157. The predicted octanol–water partition coefficient (Wildman–Crippen LogP) is 0.996. The Morgan fingerprint density at radius 2 is 1.91 bits per heavy atom. The Morgan fingerprint density at radius 3 is 2.48 bits per heavy atom. The summed E-state index contributed by atoms with van der Waals surface area (Å²) in [7, 11) is 5.33. The molecule has 0 fully saturated rings. The monoisotopic (exact) mass is 341 g/mol. The molecule has 0 aliphatic rings. The van der Waals surface area contributed by atoms with E-state index in [4.69, 9.17) is 16.3 Å². The molecule has 128 valence electrons. The molecule has 0 radical (unpaired) electrons. The fourth-order valence-corrected chi connectivity index (χ4v) is 2.10. The SMILES string of the molecule is COC(C)(CNC(=O)C(=O)NCCN(C)C)c1cccc(Cl)c1. The summed E-state index contributed by atoms with van der Waals surface area (Å²) in [5, 5.41) is 5.74. The van der Waals surface area contributed by atoms with E-state index >= 15 is 0 Å². The maximum absolute atomic E-state index is 11.9. The topological polar surface area (TPSA) is 70.7 Å². The number of methoxy groups -OCH3 is 1. The highest BCUT2D eigenvalue weighted by atomic mass is 35.5. The van der Waals surface area contributed by atoms with Crippen LogP contribution in [0.5, 0.6) is 0 Å². The highest BCUT2D eigenvalue weighted by Crippen LogP contribution is 2.26. The first-order valence-corrected chi connectivity index (χ1v) is 7.68. The molecule has 0 saturated carbocycles. The van der Waals surface area contributed by atoms with Gasteiger partial charge in [-0.3, -0.25) is 9.59 Å². The lowest BCUT2D eigenvalue weighted by Gasteiger charge is -2.29. The van der Waals surface area contributed by atoms with E-state index in [1.807, 2.05) is 38.1 Å². The highest BCUT2D eigenvalue weighted by Gasteiger charge is 2.28. The van der Waals surface area contributed by atoms with E-state index in [0.717, 1.165) is 5.56 Å². The van der Waals surface area contributed by atoms with Crippen molar-refractivity contribution in [2.45, 2.75) is 12.5 Å². The molecule has 1 rings (SSSR count). The van der Waals surface area contributed by atoms with Gasteiger partial charge in [-0.1, -0.05) is 23.7 Å². The summed E-state index contributed by atoms with van der Waals surface area (Å²) in [6.07, 6.45) is 0. The lowest BCUT2D eigenvalue weighted by Crippen LogP contribution is -2.47. The summed E-state index contributed by atoms with van der Waals surface area (Å²) in [4.78, 5) is 25.5. The Kier molecular flexibility index (Phi) is 7.48. The third kappa shape index (κ3) is 6.17. The maximum atomic E-state index is 11.9. The standard InChI is InChI=1S/C16H24ClN3O3/c1-16(23-4,12-6-5-7-13(17)10-12)11-19-15(22)14(21)18-8-9-20(2)3/h5-7,10H,8-9,11H2,1-4H3,(H,18,21)(H,19,22). The van der Waals surface area contributed by atoms with E-state index in [-0.39, 0.29) is 6.54 Å². The number of benzene rings is 1. The molecule has 2 amide bonds. The second kappa shape index (κ2) is 8.86. The van der Waals surface area contributed by atoms with Crippen LogP contribution in [0.2, 0.25) is 5.02 Å². The fourth-order valence-electron chi connectivity index (χ4n) is 1.91. The molecule has 23 heavy (non-hydrogen) atoms. The Hall–Kier alpha value is -1.63. The van der Waals surface area contributed by atoms with Gasteiger partial charge < -0.3 is 20.3 Å². The molecule has 7 heteroatoms. The quantitative estimate of drug-likeness (QED) is 0.726. The fraction of sp³-hybridized carbons (Fsp3) is 0.500. The third-order valence-electron chi connectivity index (χ3n) is 3.52. The van der Waals surface area contributed by atoms with E-state index in [9.17, 15) is 9.59 Å². The van der Waals surface area contributed by atoms with Crippen LogP contribution < -0.4 is 10.6 Å². The lowest BCUT2D eigenvalue weighted by atomic mass is 9.95. The van der Waals surface area contributed by atoms with Crippen molar-refractivity contribution in [1.82, 2.24) is 15.5 Å². The van der Waals surface area contributed by atoms with Crippen LogP contribution >= 0.6 is 11.6 Å². The van der Waals surface area contributed by atoms with Crippen LogP contribution in [0.4, 0.5) is 0 Å². The van der Waals surface area contributed by atoms with Crippen LogP contribution in [-0.4, -0.2) is 57.6 Å². The molecule has 1 aromatic carbocycles. The first-order valence-electron chi connectivity index (χ1n) is 7.30. The van der Waals surface area contributed by atoms with Gasteiger partial charge in [0, 0.05) is 25.2 Å². The Labute approximate surface area is 142 Å². The van der Waals surface area contributed by atoms with Crippen LogP contribution in [-0.2, 0) is 19.9 Å². The zero-order chi connectivity index (χ0) is 17.5. The molecule has 0 bridgehead atoms. The van der Waals surface area contributed by atoms with Crippen molar-refractivity contribution in [2.75, 3.05) is 40.8 Å². The second-order valence-electron chi connectivity index (χ2n) is 5.69. The summed E-state index contributed by atoms with van der Waals surface area (Å²) in [6, 6.07) is 7.20. The predicted molar refractivity (Wildman–Crippen MR) is 90.4 cm³/mol. The molecule has 0 spiro atoms.